The van der Waals surface area contributed by atoms with E-state index in [0.717, 1.165) is 37.3 Å². The average molecular weight is 506 g/mol. The maximum Gasteiger partial charge on any atom is 0.339 e. The summed E-state index contributed by atoms with van der Waals surface area (Å²) in [6.45, 7) is 3.89. The van der Waals surface area contributed by atoms with Crippen LogP contribution in [0.5, 0.6) is 0 Å². The molecule has 1 aliphatic heterocycles. The molecule has 0 radical (unpaired) electrons. The number of carbonyl (C=O) groups excluding carboxylic acids is 1. The molecule has 38 heavy (non-hydrogen) atoms. The van der Waals surface area contributed by atoms with E-state index in [1.807, 2.05) is 13.0 Å². The Kier molecular flexibility index (Phi) is 6.70. The number of carbonyl (C=O) groups is 2. The minimum atomic E-state index is -1.11. The van der Waals surface area contributed by atoms with E-state index in [1.165, 1.54) is 16.9 Å². The lowest BCUT2D eigenvalue weighted by molar-refractivity contribution is 0.0698. The van der Waals surface area contributed by atoms with Gasteiger partial charge in [-0.15, -0.1) is 10.2 Å². The summed E-state index contributed by atoms with van der Waals surface area (Å²) in [4.78, 5) is 31.2. The molecule has 4 aromatic rings. The van der Waals surface area contributed by atoms with Gasteiger partial charge in [-0.05, 0) is 74.1 Å². The number of nitriles is 1. The number of hydrogen-bond acceptors (Lipinski definition) is 7. The minimum Gasteiger partial charge on any atom is -0.478 e. The highest BCUT2D eigenvalue weighted by atomic mass is 16.4. The van der Waals surface area contributed by atoms with Crippen molar-refractivity contribution in [2.45, 2.75) is 26.2 Å². The second-order valence-electron chi connectivity index (χ2n) is 8.97. The molecule has 2 N–H and O–H groups in total. The maximum absolute atomic E-state index is 13.0. The largest absolute Gasteiger partial charge is 0.478 e. The number of carboxylic acid groups (broad SMARTS) is 1. The number of aromatic nitrogens is 4. The van der Waals surface area contributed by atoms with Gasteiger partial charge < -0.3 is 15.3 Å². The highest BCUT2D eigenvalue weighted by molar-refractivity contribution is 6.04. The molecule has 10 nitrogen and oxygen atoms in total. The van der Waals surface area contributed by atoms with Crippen LogP contribution in [0, 0.1) is 30.1 Å². The number of nitrogens with one attached hydrogen (secondary N) is 1. The summed E-state index contributed by atoms with van der Waals surface area (Å²) in [5, 5.41) is 29.6. The summed E-state index contributed by atoms with van der Waals surface area (Å²) >= 11 is 0. The van der Waals surface area contributed by atoms with Gasteiger partial charge in [-0.25, -0.2) is 9.78 Å². The van der Waals surface area contributed by atoms with E-state index in [1.54, 1.807) is 36.7 Å². The van der Waals surface area contributed by atoms with Gasteiger partial charge in [0.25, 0.3) is 5.91 Å². The number of carboxylic acids is 1. The van der Waals surface area contributed by atoms with Gasteiger partial charge in [0.1, 0.15) is 11.4 Å². The van der Waals surface area contributed by atoms with Crippen molar-refractivity contribution in [3.8, 4) is 17.9 Å². The van der Waals surface area contributed by atoms with Gasteiger partial charge in [-0.3, -0.25) is 9.20 Å². The zero-order valence-corrected chi connectivity index (χ0v) is 20.6. The Balaban J connectivity index is 1.38. The van der Waals surface area contributed by atoms with Crippen LogP contribution in [-0.2, 0) is 0 Å². The maximum atomic E-state index is 13.0. The molecule has 1 aromatic carbocycles. The first-order valence-electron chi connectivity index (χ1n) is 12.1. The molecule has 10 heteroatoms. The zero-order chi connectivity index (χ0) is 26.6. The minimum absolute atomic E-state index is 0.0122. The second-order valence-corrected chi connectivity index (χ2v) is 8.97. The number of fused-ring (bicyclic) bond motifs is 1. The molecule has 3 aromatic heterocycles. The van der Waals surface area contributed by atoms with Crippen molar-refractivity contribution >= 4 is 29.0 Å². The Bertz CT molecular complexity index is 1670. The van der Waals surface area contributed by atoms with Crippen LogP contribution in [0.25, 0.3) is 5.65 Å². The summed E-state index contributed by atoms with van der Waals surface area (Å²) in [7, 11) is 0. The van der Waals surface area contributed by atoms with Crippen molar-refractivity contribution in [2.75, 3.05) is 23.3 Å². The quantitative estimate of drug-likeness (QED) is 0.401. The van der Waals surface area contributed by atoms with E-state index >= 15 is 0 Å². The highest BCUT2D eigenvalue weighted by Gasteiger charge is 2.17. The first kappa shape index (κ1) is 24.5. The van der Waals surface area contributed by atoms with Gasteiger partial charge >= 0.3 is 5.97 Å². The fourth-order valence-corrected chi connectivity index (χ4v) is 4.46. The number of benzene rings is 1. The Labute approximate surface area is 218 Å². The number of rotatable bonds is 4. The van der Waals surface area contributed by atoms with E-state index in [0.29, 0.717) is 22.4 Å². The predicted molar refractivity (Wildman–Crippen MR) is 140 cm³/mol. The Morgan fingerprint density at radius 1 is 1.05 bits per heavy atom. The summed E-state index contributed by atoms with van der Waals surface area (Å²) in [6.07, 6.45) is 6.70. The van der Waals surface area contributed by atoms with E-state index in [4.69, 9.17) is 0 Å². The van der Waals surface area contributed by atoms with Gasteiger partial charge in [-0.2, -0.15) is 5.26 Å². The highest BCUT2D eigenvalue weighted by Crippen LogP contribution is 2.23. The van der Waals surface area contributed by atoms with Crippen molar-refractivity contribution in [3.63, 3.8) is 0 Å². The number of amides is 1. The van der Waals surface area contributed by atoms with Crippen LogP contribution in [0.15, 0.2) is 48.8 Å². The third-order valence-electron chi connectivity index (χ3n) is 6.27. The third-order valence-corrected chi connectivity index (χ3v) is 6.27. The van der Waals surface area contributed by atoms with Crippen LogP contribution in [0.3, 0.4) is 0 Å². The molecule has 0 spiro atoms. The molecule has 4 heterocycles. The zero-order valence-electron chi connectivity index (χ0n) is 20.6. The molecular formula is C28H23N7O3. The smallest absolute Gasteiger partial charge is 0.339 e. The predicted octanol–water partition coefficient (Wildman–Crippen LogP) is 3.65. The van der Waals surface area contributed by atoms with Crippen LogP contribution in [0.4, 0.5) is 11.5 Å². The fraction of sp³-hybridized carbons (Fsp3) is 0.214. The lowest BCUT2D eigenvalue weighted by Crippen LogP contribution is -2.31. The van der Waals surface area contributed by atoms with Crippen molar-refractivity contribution in [3.05, 3.63) is 82.4 Å². The molecule has 1 amide bonds. The molecule has 0 bridgehead atoms. The molecule has 0 saturated carbocycles. The molecule has 0 aliphatic carbocycles. The average Bonchev–Trinajstić information content (AvgIpc) is 3.35. The topological polar surface area (TPSA) is 137 Å². The normalized spacial score (nSPS) is 12.9. The van der Waals surface area contributed by atoms with Gasteiger partial charge in [0.2, 0.25) is 5.82 Å². The number of aromatic carboxylic acids is 1. The Hall–Kier alpha value is -5.22. The Morgan fingerprint density at radius 2 is 1.84 bits per heavy atom. The number of aryl methyl sites for hydroxylation is 1. The summed E-state index contributed by atoms with van der Waals surface area (Å²) < 4.78 is 1.48. The monoisotopic (exact) mass is 505 g/mol. The van der Waals surface area contributed by atoms with Crippen LogP contribution in [0.2, 0.25) is 0 Å². The number of pyridine rings is 2. The van der Waals surface area contributed by atoms with Crippen LogP contribution in [0.1, 0.15) is 62.5 Å². The van der Waals surface area contributed by atoms with Crippen molar-refractivity contribution in [1.29, 1.82) is 5.26 Å². The number of piperidine rings is 1. The fourth-order valence-electron chi connectivity index (χ4n) is 4.46. The standard InChI is InChI=1S/C28H23N7O3/c1-18-12-21(17-30-25(18)34-9-3-2-4-10-34)27(36)31-22-14-19(13-20(15-22)16-29)7-8-24-32-33-26-23(28(37)38)6-5-11-35(24)26/h5-6,11-15,17H,2-4,9-10H2,1H3,(H,31,36)(H,37,38). The summed E-state index contributed by atoms with van der Waals surface area (Å²) in [5.41, 5.74) is 2.75. The molecular weight excluding hydrogens is 482 g/mol. The lowest BCUT2D eigenvalue weighted by Gasteiger charge is -2.29. The van der Waals surface area contributed by atoms with Crippen molar-refractivity contribution < 1.29 is 14.7 Å². The molecule has 1 saturated heterocycles. The van der Waals surface area contributed by atoms with Crippen LogP contribution in [-0.4, -0.2) is 49.7 Å². The van der Waals surface area contributed by atoms with Crippen molar-refractivity contribution in [2.24, 2.45) is 0 Å². The van der Waals surface area contributed by atoms with E-state index in [9.17, 15) is 20.0 Å². The molecule has 1 fully saturated rings. The molecule has 0 atom stereocenters. The van der Waals surface area contributed by atoms with Crippen molar-refractivity contribution in [1.82, 2.24) is 19.6 Å². The van der Waals surface area contributed by atoms with Gasteiger partial charge in [0, 0.05) is 36.7 Å². The first-order valence-corrected chi connectivity index (χ1v) is 12.1. The second kappa shape index (κ2) is 10.4. The summed E-state index contributed by atoms with van der Waals surface area (Å²) in [5.74, 6) is 5.48. The number of anilines is 2. The van der Waals surface area contributed by atoms with Crippen LogP contribution < -0.4 is 10.2 Å². The summed E-state index contributed by atoms with van der Waals surface area (Å²) in [6, 6.07) is 11.7. The van der Waals surface area contributed by atoms with Gasteiger partial charge in [0.05, 0.1) is 17.2 Å². The lowest BCUT2D eigenvalue weighted by atomic mass is 10.1. The van der Waals surface area contributed by atoms with E-state index in [-0.39, 0.29) is 22.9 Å². The molecule has 5 rings (SSSR count). The third kappa shape index (κ3) is 5.01. The SMILES string of the molecule is Cc1cc(C(=O)Nc2cc(C#N)cc(C#Cc3nnc4c(C(=O)O)cccn34)c2)cnc1N1CCCCC1. The first-order chi connectivity index (χ1) is 18.4. The van der Waals surface area contributed by atoms with E-state index < -0.39 is 5.97 Å². The van der Waals surface area contributed by atoms with Crippen LogP contribution >= 0.6 is 0 Å². The molecule has 1 aliphatic rings. The Morgan fingerprint density at radius 3 is 2.58 bits per heavy atom. The number of hydrogen-bond donors (Lipinski definition) is 2. The van der Waals surface area contributed by atoms with E-state index in [2.05, 4.69) is 43.3 Å². The molecule has 188 valence electrons. The van der Waals surface area contributed by atoms with Gasteiger partial charge in [-0.1, -0.05) is 5.92 Å². The van der Waals surface area contributed by atoms with Gasteiger partial charge in [0.15, 0.2) is 5.65 Å². The number of nitrogens with zero attached hydrogens (tertiary/aromatic N) is 6. The molecule has 0 unspecified atom stereocenters.